The Morgan fingerprint density at radius 1 is 1.14 bits per heavy atom. The van der Waals surface area contributed by atoms with Crippen LogP contribution in [-0.4, -0.2) is 45.8 Å². The smallest absolute Gasteiger partial charge is 0.335 e. The van der Waals surface area contributed by atoms with Gasteiger partial charge in [0.25, 0.3) is 10.0 Å². The molecule has 156 valence electrons. The minimum Gasteiger partial charge on any atom is -0.478 e. The topological polar surface area (TPSA) is 95.9 Å². The van der Waals surface area contributed by atoms with Gasteiger partial charge in [0, 0.05) is 13.1 Å². The number of sulfonamides is 1. The van der Waals surface area contributed by atoms with Gasteiger partial charge < -0.3 is 14.7 Å². The number of carbonyl (C=O) groups is 1. The van der Waals surface area contributed by atoms with Gasteiger partial charge in [-0.2, -0.15) is 0 Å². The third-order valence-electron chi connectivity index (χ3n) is 4.72. The summed E-state index contributed by atoms with van der Waals surface area (Å²) in [5.74, 6) is -0.637. The normalized spacial score (nSPS) is 14.8. The lowest BCUT2D eigenvalue weighted by Gasteiger charge is -2.30. The van der Waals surface area contributed by atoms with Gasteiger partial charge in [-0.1, -0.05) is 26.0 Å². The molecule has 0 atom stereocenters. The maximum absolute atomic E-state index is 12.9. The summed E-state index contributed by atoms with van der Waals surface area (Å²) in [5.41, 5.74) is 1.98. The number of rotatable bonds is 7. The van der Waals surface area contributed by atoms with Crippen molar-refractivity contribution in [2.75, 3.05) is 35.9 Å². The van der Waals surface area contributed by atoms with E-state index in [1.165, 1.54) is 12.1 Å². The molecular weight excluding hydrogens is 392 g/mol. The number of hydrogen-bond acceptors (Lipinski definition) is 5. The molecule has 3 rings (SSSR count). The van der Waals surface area contributed by atoms with Crippen molar-refractivity contribution in [3.63, 3.8) is 0 Å². The summed E-state index contributed by atoms with van der Waals surface area (Å²) in [6.45, 7) is 6.48. The van der Waals surface area contributed by atoms with Crippen LogP contribution in [0.3, 0.4) is 0 Å². The van der Waals surface area contributed by atoms with E-state index >= 15 is 0 Å². The number of carboxylic acids is 1. The lowest BCUT2D eigenvalue weighted by atomic mass is 10.0. The van der Waals surface area contributed by atoms with Gasteiger partial charge in [0.1, 0.15) is 0 Å². The zero-order valence-electron chi connectivity index (χ0n) is 16.6. The van der Waals surface area contributed by atoms with Crippen LogP contribution in [0.15, 0.2) is 47.4 Å². The third-order valence-corrected chi connectivity index (χ3v) is 6.10. The molecule has 0 amide bonds. The highest BCUT2D eigenvalue weighted by Gasteiger charge is 2.21. The van der Waals surface area contributed by atoms with Crippen LogP contribution in [0.2, 0.25) is 0 Å². The average molecular weight is 419 g/mol. The molecule has 0 aromatic heterocycles. The number of hydrogen-bond donors (Lipinski definition) is 2. The summed E-state index contributed by atoms with van der Waals surface area (Å²) >= 11 is 0. The van der Waals surface area contributed by atoms with Gasteiger partial charge in [-0.15, -0.1) is 0 Å². The van der Waals surface area contributed by atoms with Gasteiger partial charge >= 0.3 is 5.97 Å². The van der Waals surface area contributed by atoms with Gasteiger partial charge in [0.2, 0.25) is 0 Å². The maximum Gasteiger partial charge on any atom is 0.335 e. The molecule has 0 saturated carbocycles. The van der Waals surface area contributed by atoms with E-state index in [1.54, 1.807) is 18.2 Å². The van der Waals surface area contributed by atoms with E-state index in [0.717, 1.165) is 12.0 Å². The predicted octanol–water partition coefficient (Wildman–Crippen LogP) is 3.22. The van der Waals surface area contributed by atoms with Gasteiger partial charge in [-0.05, 0) is 48.2 Å². The lowest BCUT2D eigenvalue weighted by molar-refractivity contribution is 0.0697. The largest absolute Gasteiger partial charge is 0.478 e. The molecule has 1 aliphatic heterocycles. The Morgan fingerprint density at radius 3 is 2.38 bits per heavy atom. The standard InChI is InChI=1S/C21H26N2O5S/c1-15(2)13-16-3-6-18(7-4-16)29(26,27)22-19-14-17(21(24)25)5-8-20(19)23-9-11-28-12-10-23/h3-8,14-15,22H,9-13H2,1-2H3,(H,24,25). The van der Waals surface area contributed by atoms with Crippen LogP contribution < -0.4 is 9.62 Å². The van der Waals surface area contributed by atoms with Crippen molar-refractivity contribution in [3.05, 3.63) is 53.6 Å². The Balaban J connectivity index is 1.91. The number of aromatic carboxylic acids is 1. The van der Waals surface area contributed by atoms with Crippen molar-refractivity contribution in [2.24, 2.45) is 5.92 Å². The van der Waals surface area contributed by atoms with E-state index < -0.39 is 16.0 Å². The number of carboxylic acid groups (broad SMARTS) is 1. The number of nitrogens with one attached hydrogen (secondary N) is 1. The number of anilines is 2. The summed E-state index contributed by atoms with van der Waals surface area (Å²) in [5, 5.41) is 9.32. The first-order valence-corrected chi connectivity index (χ1v) is 11.1. The Bertz CT molecular complexity index is 965. The summed E-state index contributed by atoms with van der Waals surface area (Å²) < 4.78 is 33.8. The Labute approximate surface area is 171 Å². The molecule has 1 saturated heterocycles. The molecule has 1 heterocycles. The first-order valence-electron chi connectivity index (χ1n) is 9.58. The van der Waals surface area contributed by atoms with E-state index in [-0.39, 0.29) is 16.1 Å². The summed E-state index contributed by atoms with van der Waals surface area (Å²) in [6, 6.07) is 11.3. The van der Waals surface area contributed by atoms with Crippen molar-refractivity contribution in [3.8, 4) is 0 Å². The van der Waals surface area contributed by atoms with E-state index in [1.807, 2.05) is 17.0 Å². The molecule has 8 heteroatoms. The Hall–Kier alpha value is -2.58. The molecule has 1 fully saturated rings. The number of benzene rings is 2. The minimum absolute atomic E-state index is 0.0204. The Kier molecular flexibility index (Phi) is 6.44. The average Bonchev–Trinajstić information content (AvgIpc) is 2.68. The van der Waals surface area contributed by atoms with Crippen LogP contribution in [0, 0.1) is 5.92 Å². The monoisotopic (exact) mass is 418 g/mol. The first-order chi connectivity index (χ1) is 13.8. The fourth-order valence-electron chi connectivity index (χ4n) is 3.31. The second kappa shape index (κ2) is 8.84. The molecule has 0 aliphatic carbocycles. The number of morpholine rings is 1. The molecule has 7 nitrogen and oxygen atoms in total. The molecule has 2 aromatic carbocycles. The van der Waals surface area contributed by atoms with Crippen LogP contribution in [0.1, 0.15) is 29.8 Å². The summed E-state index contributed by atoms with van der Waals surface area (Å²) in [4.78, 5) is 13.5. The van der Waals surface area contributed by atoms with Crippen LogP contribution in [-0.2, 0) is 21.2 Å². The van der Waals surface area contributed by atoms with Crippen LogP contribution in [0.5, 0.6) is 0 Å². The third kappa shape index (κ3) is 5.27. The zero-order valence-corrected chi connectivity index (χ0v) is 17.4. The van der Waals surface area contributed by atoms with Crippen LogP contribution in [0.25, 0.3) is 0 Å². The van der Waals surface area contributed by atoms with Gasteiger partial charge in [-0.25, -0.2) is 13.2 Å². The molecule has 0 spiro atoms. The first kappa shape index (κ1) is 21.1. The van der Waals surface area contributed by atoms with Gasteiger partial charge in [-0.3, -0.25) is 4.72 Å². The molecule has 2 aromatic rings. The molecule has 0 unspecified atom stereocenters. The predicted molar refractivity (Wildman–Crippen MR) is 112 cm³/mol. The maximum atomic E-state index is 12.9. The molecular formula is C21H26N2O5S. The van der Waals surface area contributed by atoms with Crippen molar-refractivity contribution in [1.29, 1.82) is 0 Å². The van der Waals surface area contributed by atoms with E-state index in [9.17, 15) is 18.3 Å². The minimum atomic E-state index is -3.86. The van der Waals surface area contributed by atoms with E-state index in [0.29, 0.717) is 37.9 Å². The van der Waals surface area contributed by atoms with E-state index in [4.69, 9.17) is 4.74 Å². The van der Waals surface area contributed by atoms with Gasteiger partial charge in [0.05, 0.1) is 35.0 Å². The molecule has 0 bridgehead atoms. The highest BCUT2D eigenvalue weighted by molar-refractivity contribution is 7.92. The fourth-order valence-corrected chi connectivity index (χ4v) is 4.38. The van der Waals surface area contributed by atoms with Crippen molar-refractivity contribution < 1.29 is 23.1 Å². The summed E-state index contributed by atoms with van der Waals surface area (Å²) in [7, 11) is -3.86. The lowest BCUT2D eigenvalue weighted by Crippen LogP contribution is -2.36. The van der Waals surface area contributed by atoms with Crippen LogP contribution in [0.4, 0.5) is 11.4 Å². The van der Waals surface area contributed by atoms with E-state index in [2.05, 4.69) is 18.6 Å². The SMILES string of the molecule is CC(C)Cc1ccc(S(=O)(=O)Nc2cc(C(=O)O)ccc2N2CCOCC2)cc1. The second-order valence-corrected chi connectivity index (χ2v) is 9.17. The second-order valence-electron chi connectivity index (χ2n) is 7.48. The molecule has 1 aliphatic rings. The number of nitrogens with zero attached hydrogens (tertiary/aromatic N) is 1. The molecule has 2 N–H and O–H groups in total. The highest BCUT2D eigenvalue weighted by atomic mass is 32.2. The summed E-state index contributed by atoms with van der Waals surface area (Å²) in [6.07, 6.45) is 0.871. The van der Waals surface area contributed by atoms with Crippen molar-refractivity contribution in [2.45, 2.75) is 25.2 Å². The van der Waals surface area contributed by atoms with Crippen molar-refractivity contribution >= 4 is 27.4 Å². The molecule has 29 heavy (non-hydrogen) atoms. The molecule has 0 radical (unpaired) electrons. The fraction of sp³-hybridized carbons (Fsp3) is 0.381. The number of ether oxygens (including phenoxy) is 1. The highest BCUT2D eigenvalue weighted by Crippen LogP contribution is 2.30. The van der Waals surface area contributed by atoms with Crippen LogP contribution >= 0.6 is 0 Å². The van der Waals surface area contributed by atoms with Gasteiger partial charge in [0.15, 0.2) is 0 Å². The van der Waals surface area contributed by atoms with Crippen molar-refractivity contribution in [1.82, 2.24) is 0 Å². The quantitative estimate of drug-likeness (QED) is 0.717. The Morgan fingerprint density at radius 2 is 1.79 bits per heavy atom. The zero-order chi connectivity index (χ0) is 21.0.